The molecule has 0 atom stereocenters. The van der Waals surface area contributed by atoms with Crippen LogP contribution in [0.2, 0.25) is 0 Å². The predicted octanol–water partition coefficient (Wildman–Crippen LogP) is 7.24. The molecule has 0 aliphatic heterocycles. The Morgan fingerprint density at radius 2 is 0.878 bits per heavy atom. The van der Waals surface area contributed by atoms with E-state index in [0.717, 1.165) is 22.3 Å². The van der Waals surface area contributed by atoms with Crippen LogP contribution >= 0.6 is 0 Å². The third-order valence-corrected chi connectivity index (χ3v) is 5.69. The van der Waals surface area contributed by atoms with Gasteiger partial charge in [-0.3, -0.25) is 0 Å². The zero-order valence-electron chi connectivity index (χ0n) is 25.1. The maximum absolute atomic E-state index is 9.91. The zero-order valence-corrected chi connectivity index (χ0v) is 26.4. The average molecular weight is 603 g/mol. The predicted molar refractivity (Wildman–Crippen MR) is 156 cm³/mol. The fourth-order valence-corrected chi connectivity index (χ4v) is 3.74. The maximum atomic E-state index is 9.91. The molecule has 0 unspecified atom stereocenters. The Bertz CT molecular complexity index is 1440. The number of aromatic nitrogens is 4. The van der Waals surface area contributed by atoms with Gasteiger partial charge in [0.15, 0.2) is 11.4 Å². The van der Waals surface area contributed by atoms with E-state index < -0.39 is 0 Å². The minimum atomic E-state index is -0.0508. The molecule has 2 aromatic carbocycles. The summed E-state index contributed by atoms with van der Waals surface area (Å²) >= 11 is 0. The van der Waals surface area contributed by atoms with Crippen LogP contribution in [0.3, 0.4) is 0 Å². The van der Waals surface area contributed by atoms with E-state index in [-0.39, 0.29) is 55.5 Å². The van der Waals surface area contributed by atoms with E-state index in [2.05, 4.69) is 30.7 Å². The first kappa shape index (κ1) is 36.8. The molecule has 4 aromatic rings. The third kappa shape index (κ3) is 8.39. The van der Waals surface area contributed by atoms with Crippen LogP contribution in [0.1, 0.15) is 33.6 Å². The van der Waals surface area contributed by atoms with Crippen molar-refractivity contribution in [2.75, 3.05) is 0 Å². The molecule has 2 heterocycles. The molecule has 0 radical (unpaired) electrons. The summed E-state index contributed by atoms with van der Waals surface area (Å²) in [6.45, 7) is 10.9. The van der Waals surface area contributed by atoms with Gasteiger partial charge in [0, 0.05) is 14.1 Å². The minimum Gasteiger partial charge on any atom is -0.505 e. The average Bonchev–Trinajstić information content (AvgIpc) is 3.23. The third-order valence-electron chi connectivity index (χ3n) is 5.69. The quantitative estimate of drug-likeness (QED) is 0.142. The largest absolute Gasteiger partial charge is 2.00 e. The van der Waals surface area contributed by atoms with Gasteiger partial charge in [-0.1, -0.05) is 12.1 Å². The van der Waals surface area contributed by atoms with Crippen LogP contribution in [-0.2, 0) is 31.5 Å². The van der Waals surface area contributed by atoms with Crippen molar-refractivity contribution >= 4 is 22.7 Å². The van der Waals surface area contributed by atoms with E-state index in [1.807, 2.05) is 26.0 Å². The Morgan fingerprint density at radius 3 is 1.15 bits per heavy atom. The van der Waals surface area contributed by atoms with Crippen LogP contribution in [0, 0.1) is 56.4 Å². The topological polar surface area (TPSA) is 166 Å². The maximum Gasteiger partial charge on any atom is 2.00 e. The molecule has 0 bridgehead atoms. The van der Waals surface area contributed by atoms with Crippen LogP contribution < -0.4 is 0 Å². The number of benzene rings is 2. The normalized spacial score (nSPS) is 10.5. The summed E-state index contributed by atoms with van der Waals surface area (Å²) in [6.07, 6.45) is 0. The van der Waals surface area contributed by atoms with Crippen molar-refractivity contribution in [1.82, 2.24) is 19.6 Å². The number of phenolic OH excluding ortho intramolecular Hbond substituents is 2. The van der Waals surface area contributed by atoms with Crippen LogP contribution in [0.4, 0.5) is 22.7 Å². The van der Waals surface area contributed by atoms with Crippen molar-refractivity contribution in [3.8, 4) is 23.3 Å². The molecular weight excluding hydrogens is 564 g/mol. The molecule has 41 heavy (non-hydrogen) atoms. The van der Waals surface area contributed by atoms with Crippen molar-refractivity contribution in [3.63, 3.8) is 0 Å². The van der Waals surface area contributed by atoms with Crippen molar-refractivity contribution in [2.24, 2.45) is 34.6 Å². The summed E-state index contributed by atoms with van der Waals surface area (Å²) < 4.78 is 2.65. The number of phenols is 2. The molecule has 0 spiro atoms. The molecule has 12 nitrogen and oxygen atoms in total. The van der Waals surface area contributed by atoms with Gasteiger partial charge in [-0.05, 0) is 75.9 Å². The van der Waals surface area contributed by atoms with Gasteiger partial charge in [-0.25, -0.2) is 9.36 Å². The second-order valence-corrected chi connectivity index (χ2v) is 9.06. The summed E-state index contributed by atoms with van der Waals surface area (Å²) in [5.41, 5.74) is 5.96. The van der Waals surface area contributed by atoms with Gasteiger partial charge in [0.1, 0.15) is 22.9 Å². The minimum absolute atomic E-state index is 0. The number of nitrogens with zero attached hydrogens (tertiary/aromatic N) is 8. The standard InChI is InChI=1S/2C13H16N4O2.2CH3.Cr/c2*1-7-5-8(2)12(18)10(6-7)14-15-11-9(3)16-17(4)13(11)19;;;/h2*5-6,18-19H,1-4H3;2*1H3;/q;;2*-1;+2. The second-order valence-electron chi connectivity index (χ2n) is 9.06. The summed E-state index contributed by atoms with van der Waals surface area (Å²) in [5, 5.41) is 63.3. The molecule has 2 aromatic heterocycles. The Hall–Kier alpha value is -4.21. The van der Waals surface area contributed by atoms with E-state index in [4.69, 9.17) is 0 Å². The van der Waals surface area contributed by atoms with Crippen molar-refractivity contribution in [1.29, 1.82) is 0 Å². The molecule has 4 N–H and O–H groups in total. The first-order valence-electron chi connectivity index (χ1n) is 11.7. The van der Waals surface area contributed by atoms with Crippen molar-refractivity contribution in [3.05, 3.63) is 72.8 Å². The van der Waals surface area contributed by atoms with Crippen LogP contribution in [-0.4, -0.2) is 40.0 Å². The van der Waals surface area contributed by atoms with Gasteiger partial charge >= 0.3 is 17.4 Å². The SMILES string of the molecule is Cc1cc(C)c(O)c(N=Nc2c(C)nn(C)c2O)c1.Cc1cc(C)c(O)c(N=Nc2c(C)nn(C)c2O)c1.[CH3-].[CH3-].[Cr+2]. The number of hydrogen-bond donors (Lipinski definition) is 4. The van der Waals surface area contributed by atoms with E-state index in [0.29, 0.717) is 34.1 Å². The Morgan fingerprint density at radius 1 is 0.561 bits per heavy atom. The molecule has 0 fully saturated rings. The number of azo groups is 2. The monoisotopic (exact) mass is 602 g/mol. The molecule has 0 aliphatic rings. The Labute approximate surface area is 251 Å². The number of hydrogen-bond acceptors (Lipinski definition) is 10. The van der Waals surface area contributed by atoms with E-state index >= 15 is 0 Å². The van der Waals surface area contributed by atoms with Crippen LogP contribution in [0.25, 0.3) is 0 Å². The fraction of sp³-hybridized carbons (Fsp3) is 0.286. The molecule has 0 aliphatic carbocycles. The van der Waals surface area contributed by atoms with Crippen molar-refractivity contribution in [2.45, 2.75) is 41.5 Å². The number of aryl methyl sites for hydroxylation is 8. The van der Waals surface area contributed by atoms with Crippen LogP contribution in [0.15, 0.2) is 44.7 Å². The second kappa shape index (κ2) is 15.0. The van der Waals surface area contributed by atoms with Gasteiger partial charge in [0.25, 0.3) is 0 Å². The molecular formula is C28H38CrN8O4. The van der Waals surface area contributed by atoms with Gasteiger partial charge in [-0.2, -0.15) is 10.2 Å². The van der Waals surface area contributed by atoms with Gasteiger partial charge in [-0.15, -0.1) is 20.5 Å². The van der Waals surface area contributed by atoms with Gasteiger partial charge in [0.05, 0.1) is 11.4 Å². The zero-order chi connectivity index (χ0) is 28.3. The first-order chi connectivity index (χ1) is 17.8. The van der Waals surface area contributed by atoms with E-state index in [1.165, 1.54) is 9.36 Å². The summed E-state index contributed by atoms with van der Waals surface area (Å²) in [4.78, 5) is 0. The summed E-state index contributed by atoms with van der Waals surface area (Å²) in [6, 6.07) is 7.19. The summed E-state index contributed by atoms with van der Waals surface area (Å²) in [7, 11) is 3.24. The van der Waals surface area contributed by atoms with Crippen LogP contribution in [0.5, 0.6) is 23.3 Å². The van der Waals surface area contributed by atoms with Gasteiger partial charge < -0.3 is 35.3 Å². The van der Waals surface area contributed by atoms with E-state index in [1.54, 1.807) is 53.9 Å². The molecule has 0 amide bonds. The van der Waals surface area contributed by atoms with E-state index in [9.17, 15) is 20.4 Å². The molecule has 13 heteroatoms. The molecule has 4 rings (SSSR count). The first-order valence-corrected chi connectivity index (χ1v) is 11.7. The molecule has 0 saturated heterocycles. The number of rotatable bonds is 4. The Kier molecular flexibility index (Phi) is 13.4. The Balaban J connectivity index is 0.000000727. The van der Waals surface area contributed by atoms with Gasteiger partial charge in [0.2, 0.25) is 11.8 Å². The smallest absolute Gasteiger partial charge is 0.505 e. The molecule has 0 saturated carbocycles. The van der Waals surface area contributed by atoms with Crippen molar-refractivity contribution < 1.29 is 37.8 Å². The number of aromatic hydroxyl groups is 4. The fourth-order valence-electron chi connectivity index (χ4n) is 3.74. The molecule has 220 valence electrons. The summed E-state index contributed by atoms with van der Waals surface area (Å²) in [5.74, 6) is 0.0843.